The smallest absolute Gasteiger partial charge is 0.240 e. The highest BCUT2D eigenvalue weighted by atomic mass is 35.5. The Hall–Kier alpha value is -3.55. The molecule has 1 aromatic carbocycles. The standard InChI is InChI=1S/C40H49ClN4O7S2/c1-9-22-18-40(22,37(48)44-54(49,50)39(7)14-15-39)19-29(46)28-17-32(27-12-11-24(38(4,5)6)36(47)45(27)28)52-31-16-25(26-20-53-35(43-26)21(2)3)42-34-23(31)10-13-30(51-8)33(34)41/h9-10,13,16,20-22,24,27-28,32H,1,11-12,14-15,17-19H2,2-8H3,(H,44,48)/t22-,24+,27-,28+,32-,40-/m1/s1. The minimum absolute atomic E-state index is 0.112. The number of carbonyl (C=O) groups excluding carboxylic acids is 3. The number of thiazole rings is 1. The average Bonchev–Trinajstić information content (AvgIpc) is 3.91. The van der Waals surface area contributed by atoms with Crippen molar-refractivity contribution in [3.8, 4) is 22.9 Å². The number of amides is 2. The molecular weight excluding hydrogens is 748 g/mol. The maximum Gasteiger partial charge on any atom is 0.240 e. The Morgan fingerprint density at radius 3 is 2.48 bits per heavy atom. The van der Waals surface area contributed by atoms with Crippen LogP contribution >= 0.6 is 22.9 Å². The number of carbonyl (C=O) groups is 3. The molecule has 0 bridgehead atoms. The van der Waals surface area contributed by atoms with Crippen LogP contribution < -0.4 is 14.2 Å². The van der Waals surface area contributed by atoms with Crippen molar-refractivity contribution in [2.24, 2.45) is 22.7 Å². The van der Waals surface area contributed by atoms with Crippen LogP contribution in [0.3, 0.4) is 0 Å². The summed E-state index contributed by atoms with van der Waals surface area (Å²) in [5.41, 5.74) is 0.130. The molecule has 0 radical (unpaired) electrons. The van der Waals surface area contributed by atoms with Gasteiger partial charge in [-0.3, -0.25) is 19.1 Å². The van der Waals surface area contributed by atoms with Crippen molar-refractivity contribution in [1.29, 1.82) is 0 Å². The molecular formula is C40H49ClN4O7S2. The number of ketones is 1. The van der Waals surface area contributed by atoms with E-state index in [4.69, 9.17) is 31.0 Å². The van der Waals surface area contributed by atoms with Gasteiger partial charge in [0.2, 0.25) is 21.8 Å². The van der Waals surface area contributed by atoms with Gasteiger partial charge >= 0.3 is 0 Å². The number of ether oxygens (including phenoxy) is 2. The Kier molecular flexibility index (Phi) is 9.74. The van der Waals surface area contributed by atoms with Crippen LogP contribution in [-0.4, -0.2) is 70.9 Å². The molecule has 6 atom stereocenters. The second-order valence-corrected chi connectivity index (χ2v) is 20.6. The molecule has 290 valence electrons. The third-order valence-electron chi connectivity index (χ3n) is 12.1. The van der Waals surface area contributed by atoms with Gasteiger partial charge in [-0.05, 0) is 62.5 Å². The number of aromatic nitrogens is 2. The van der Waals surface area contributed by atoms with Gasteiger partial charge in [-0.15, -0.1) is 17.9 Å². The van der Waals surface area contributed by atoms with Crippen LogP contribution in [0.4, 0.5) is 0 Å². The summed E-state index contributed by atoms with van der Waals surface area (Å²) in [7, 11) is -2.38. The first kappa shape index (κ1) is 38.7. The minimum Gasteiger partial charge on any atom is -0.495 e. The van der Waals surface area contributed by atoms with E-state index in [0.717, 1.165) is 5.01 Å². The molecule has 3 aromatic rings. The average molecular weight is 797 g/mol. The quantitative estimate of drug-likeness (QED) is 0.185. The van der Waals surface area contributed by atoms with E-state index in [0.29, 0.717) is 70.9 Å². The summed E-state index contributed by atoms with van der Waals surface area (Å²) >= 11 is 8.40. The lowest BCUT2D eigenvalue weighted by Gasteiger charge is -2.43. The number of Topliss-reactive ketones (excluding diaryl/α,β-unsaturated/α-hetero) is 1. The van der Waals surface area contributed by atoms with Crippen LogP contribution in [0.5, 0.6) is 11.5 Å². The number of hydrogen-bond acceptors (Lipinski definition) is 10. The molecule has 2 amide bonds. The number of rotatable bonds is 12. The number of nitrogens with one attached hydrogen (secondary N) is 1. The summed E-state index contributed by atoms with van der Waals surface area (Å²) in [6.07, 6.45) is 3.54. The molecule has 54 heavy (non-hydrogen) atoms. The molecule has 0 spiro atoms. The summed E-state index contributed by atoms with van der Waals surface area (Å²) in [6, 6.07) is 4.15. The largest absolute Gasteiger partial charge is 0.495 e. The molecule has 0 unspecified atom stereocenters. The van der Waals surface area contributed by atoms with Gasteiger partial charge in [-0.2, -0.15) is 0 Å². The highest BCUT2D eigenvalue weighted by Crippen LogP contribution is 2.58. The molecule has 2 saturated carbocycles. The van der Waals surface area contributed by atoms with Gasteiger partial charge in [0.05, 0.1) is 45.6 Å². The lowest BCUT2D eigenvalue weighted by atomic mass is 9.74. The van der Waals surface area contributed by atoms with Gasteiger partial charge < -0.3 is 14.4 Å². The Bertz CT molecular complexity index is 2160. The Labute approximate surface area is 326 Å². The van der Waals surface area contributed by atoms with Crippen LogP contribution in [0.15, 0.2) is 36.2 Å². The highest BCUT2D eigenvalue weighted by molar-refractivity contribution is 7.91. The fraction of sp³-hybridized carbons (Fsp3) is 0.575. The molecule has 14 heteroatoms. The summed E-state index contributed by atoms with van der Waals surface area (Å²) < 4.78 is 39.9. The van der Waals surface area contributed by atoms with Crippen LogP contribution in [0, 0.1) is 22.7 Å². The van der Waals surface area contributed by atoms with Gasteiger partial charge in [0.1, 0.15) is 28.3 Å². The number of piperidine rings is 1. The normalized spacial score (nSPS) is 27.5. The summed E-state index contributed by atoms with van der Waals surface area (Å²) in [4.78, 5) is 54.2. The van der Waals surface area contributed by atoms with Gasteiger partial charge in [-0.25, -0.2) is 18.4 Å². The van der Waals surface area contributed by atoms with Crippen molar-refractivity contribution >= 4 is 61.5 Å². The number of benzene rings is 1. The van der Waals surface area contributed by atoms with Gasteiger partial charge in [0.25, 0.3) is 0 Å². The Balaban J connectivity index is 1.24. The van der Waals surface area contributed by atoms with E-state index < -0.39 is 44.3 Å². The topological polar surface area (TPSA) is 145 Å². The van der Waals surface area contributed by atoms with Crippen molar-refractivity contribution in [2.45, 2.75) is 115 Å². The molecule has 11 nitrogen and oxygen atoms in total. The van der Waals surface area contributed by atoms with Crippen molar-refractivity contribution < 1.29 is 32.3 Å². The highest BCUT2D eigenvalue weighted by Gasteiger charge is 2.63. The molecule has 7 rings (SSSR count). The van der Waals surface area contributed by atoms with Gasteiger partial charge in [0, 0.05) is 41.5 Å². The number of nitrogens with zero attached hydrogens (tertiary/aromatic N) is 3. The molecule has 4 aliphatic rings. The van der Waals surface area contributed by atoms with E-state index in [9.17, 15) is 22.8 Å². The van der Waals surface area contributed by atoms with E-state index in [1.807, 2.05) is 38.3 Å². The number of fused-ring (bicyclic) bond motifs is 2. The van der Waals surface area contributed by atoms with E-state index in [1.165, 1.54) is 7.11 Å². The lowest BCUT2D eigenvalue weighted by molar-refractivity contribution is -0.151. The fourth-order valence-corrected chi connectivity index (χ4v) is 10.7. The fourth-order valence-electron chi connectivity index (χ4n) is 8.24. The first-order valence-electron chi connectivity index (χ1n) is 18.7. The molecule has 1 N–H and O–H groups in total. The lowest BCUT2D eigenvalue weighted by Crippen LogP contribution is -2.55. The van der Waals surface area contributed by atoms with Crippen molar-refractivity contribution in [2.75, 3.05) is 7.11 Å². The second kappa shape index (κ2) is 13.6. The predicted octanol–water partition coefficient (Wildman–Crippen LogP) is 7.47. The number of sulfonamides is 1. The first-order valence-corrected chi connectivity index (χ1v) is 21.4. The zero-order valence-corrected chi connectivity index (χ0v) is 34.3. The molecule has 2 aliphatic carbocycles. The SMILES string of the molecule is C=C[C@@H]1C[C@]1(CC(=O)[C@@H]1C[C@@H](Oc2cc(-c3csc(C(C)C)n3)nc3c(Cl)c(OC)ccc23)[C@H]2CC[C@H](C(C)(C)C)C(=O)N21)C(=O)NS(=O)(=O)C1(C)CC1. The summed E-state index contributed by atoms with van der Waals surface area (Å²) in [5, 5.41) is 3.89. The zero-order chi connectivity index (χ0) is 39.1. The molecule has 4 fully saturated rings. The zero-order valence-electron chi connectivity index (χ0n) is 31.9. The van der Waals surface area contributed by atoms with E-state index in [-0.39, 0.29) is 47.7 Å². The minimum atomic E-state index is -3.92. The van der Waals surface area contributed by atoms with Crippen LogP contribution in [0.1, 0.15) is 97.4 Å². The van der Waals surface area contributed by atoms with Crippen LogP contribution in [-0.2, 0) is 24.4 Å². The Morgan fingerprint density at radius 2 is 1.89 bits per heavy atom. The molecule has 2 aliphatic heterocycles. The summed E-state index contributed by atoms with van der Waals surface area (Å²) in [6.45, 7) is 15.7. The van der Waals surface area contributed by atoms with Crippen molar-refractivity contribution in [3.05, 3.63) is 46.3 Å². The predicted molar refractivity (Wildman–Crippen MR) is 209 cm³/mol. The van der Waals surface area contributed by atoms with Gasteiger partial charge in [-0.1, -0.05) is 52.3 Å². The monoisotopic (exact) mass is 796 g/mol. The third-order valence-corrected chi connectivity index (χ3v) is 15.8. The van der Waals surface area contributed by atoms with Crippen LogP contribution in [0.2, 0.25) is 5.02 Å². The van der Waals surface area contributed by atoms with Crippen molar-refractivity contribution in [3.63, 3.8) is 0 Å². The second-order valence-electron chi connectivity index (χ2n) is 17.2. The number of halogens is 1. The maximum absolute atomic E-state index is 14.6. The van der Waals surface area contributed by atoms with Crippen molar-refractivity contribution in [1.82, 2.24) is 19.6 Å². The third kappa shape index (κ3) is 6.61. The van der Waals surface area contributed by atoms with Crippen LogP contribution in [0.25, 0.3) is 22.3 Å². The number of pyridine rings is 1. The van der Waals surface area contributed by atoms with Gasteiger partial charge in [0.15, 0.2) is 5.78 Å². The Morgan fingerprint density at radius 1 is 1.17 bits per heavy atom. The van der Waals surface area contributed by atoms with E-state index in [2.05, 4.69) is 25.1 Å². The summed E-state index contributed by atoms with van der Waals surface area (Å²) in [5.74, 6) is -0.580. The van der Waals surface area contributed by atoms with E-state index in [1.54, 1.807) is 35.3 Å². The number of allylic oxidation sites excluding steroid dienone is 1. The number of hydrogen-bond donors (Lipinski definition) is 1. The molecule has 4 heterocycles. The van der Waals surface area contributed by atoms with E-state index >= 15 is 0 Å². The number of methoxy groups -OCH3 is 1. The first-order chi connectivity index (χ1) is 25.3. The maximum atomic E-state index is 14.6. The molecule has 2 aromatic heterocycles. The molecule has 2 saturated heterocycles.